The van der Waals surface area contributed by atoms with Gasteiger partial charge in [0.05, 0.1) is 17.3 Å². The number of fused-ring (bicyclic) bond motifs is 1. The molecule has 1 saturated heterocycles. The van der Waals surface area contributed by atoms with E-state index >= 15 is 0 Å². The van der Waals surface area contributed by atoms with E-state index < -0.39 is 5.82 Å². The van der Waals surface area contributed by atoms with Crippen LogP contribution in [0, 0.1) is 5.82 Å². The molecule has 0 saturated carbocycles. The Hall–Kier alpha value is -2.73. The van der Waals surface area contributed by atoms with Gasteiger partial charge in [-0.1, -0.05) is 6.07 Å². The number of amides is 1. The molecule has 4 rings (SSSR count). The van der Waals surface area contributed by atoms with E-state index in [1.807, 2.05) is 38.7 Å². The summed E-state index contributed by atoms with van der Waals surface area (Å²) in [5.74, 6) is -0.127. The van der Waals surface area contributed by atoms with Crippen LogP contribution < -0.4 is 5.32 Å². The molecule has 2 aromatic carbocycles. The molecule has 6 heteroatoms. The van der Waals surface area contributed by atoms with Crippen LogP contribution in [0.4, 0.5) is 4.39 Å². The minimum absolute atomic E-state index is 0.0351. The Balaban J connectivity index is 1.93. The lowest BCUT2D eigenvalue weighted by Crippen LogP contribution is -2.37. The van der Waals surface area contributed by atoms with Crippen LogP contribution in [0.5, 0.6) is 0 Å². The van der Waals surface area contributed by atoms with Gasteiger partial charge in [0, 0.05) is 31.6 Å². The second kappa shape index (κ2) is 8.19. The number of aromatic nitrogens is 2. The average Bonchev–Trinajstić information content (AvgIpc) is 3.38. The van der Waals surface area contributed by atoms with Crippen molar-refractivity contribution in [3.8, 4) is 11.1 Å². The number of hydrogen-bond donors (Lipinski definition) is 1. The van der Waals surface area contributed by atoms with Crippen LogP contribution in [0.15, 0.2) is 36.5 Å². The number of hydrogen-bond acceptors (Lipinski definition) is 3. The summed E-state index contributed by atoms with van der Waals surface area (Å²) in [5.41, 5.74) is 4.34. The third-order valence-corrected chi connectivity index (χ3v) is 6.15. The van der Waals surface area contributed by atoms with Crippen LogP contribution in [0.3, 0.4) is 0 Å². The van der Waals surface area contributed by atoms with Gasteiger partial charge in [-0.2, -0.15) is 5.10 Å². The molecule has 1 aromatic heterocycles. The number of nitrogens with zero attached hydrogens (tertiary/aromatic N) is 3. The molecule has 30 heavy (non-hydrogen) atoms. The molecule has 2 heterocycles. The quantitative estimate of drug-likeness (QED) is 0.684. The third kappa shape index (κ3) is 3.60. The van der Waals surface area contributed by atoms with E-state index in [0.717, 1.165) is 41.5 Å². The zero-order valence-electron chi connectivity index (χ0n) is 18.1. The van der Waals surface area contributed by atoms with Gasteiger partial charge >= 0.3 is 0 Å². The highest BCUT2D eigenvalue weighted by Gasteiger charge is 2.24. The van der Waals surface area contributed by atoms with E-state index in [1.54, 1.807) is 11.0 Å². The molecule has 0 radical (unpaired) electrons. The molecule has 0 unspecified atom stereocenters. The highest BCUT2D eigenvalue weighted by Crippen LogP contribution is 2.36. The van der Waals surface area contributed by atoms with Gasteiger partial charge in [0.25, 0.3) is 5.91 Å². The predicted molar refractivity (Wildman–Crippen MR) is 118 cm³/mol. The first-order valence-corrected chi connectivity index (χ1v) is 10.7. The smallest absolute Gasteiger partial charge is 0.254 e. The van der Waals surface area contributed by atoms with Gasteiger partial charge in [0.2, 0.25) is 0 Å². The lowest BCUT2D eigenvalue weighted by molar-refractivity contribution is 0.0717. The Bertz CT molecular complexity index is 1080. The van der Waals surface area contributed by atoms with Crippen molar-refractivity contribution in [2.45, 2.75) is 39.2 Å². The van der Waals surface area contributed by atoms with Crippen LogP contribution in [0.2, 0.25) is 0 Å². The fraction of sp³-hybridized carbons (Fsp3) is 0.417. The fourth-order valence-corrected chi connectivity index (χ4v) is 4.49. The highest BCUT2D eigenvalue weighted by molar-refractivity contribution is 6.05. The Morgan fingerprint density at radius 3 is 2.77 bits per heavy atom. The zero-order chi connectivity index (χ0) is 21.4. The van der Waals surface area contributed by atoms with E-state index in [4.69, 9.17) is 0 Å². The highest BCUT2D eigenvalue weighted by atomic mass is 19.1. The molecule has 1 N–H and O–H groups in total. The van der Waals surface area contributed by atoms with Crippen molar-refractivity contribution in [3.05, 3.63) is 53.5 Å². The molecule has 0 aliphatic carbocycles. The van der Waals surface area contributed by atoms with Crippen molar-refractivity contribution >= 4 is 16.8 Å². The Morgan fingerprint density at radius 2 is 2.10 bits per heavy atom. The van der Waals surface area contributed by atoms with Gasteiger partial charge in [-0.05, 0) is 80.6 Å². The van der Waals surface area contributed by atoms with Gasteiger partial charge < -0.3 is 10.2 Å². The zero-order valence-corrected chi connectivity index (χ0v) is 18.1. The lowest BCUT2D eigenvalue weighted by atomic mass is 9.90. The van der Waals surface area contributed by atoms with Crippen LogP contribution in [0.1, 0.15) is 49.0 Å². The number of aryl methyl sites for hydroxylation is 1. The normalized spacial score (nSPS) is 16.5. The van der Waals surface area contributed by atoms with Gasteiger partial charge in [-0.15, -0.1) is 0 Å². The van der Waals surface area contributed by atoms with Crippen molar-refractivity contribution in [2.75, 3.05) is 19.6 Å². The van der Waals surface area contributed by atoms with Gasteiger partial charge in [0.15, 0.2) is 0 Å². The van der Waals surface area contributed by atoms with Crippen LogP contribution in [0.25, 0.3) is 22.0 Å². The summed E-state index contributed by atoms with van der Waals surface area (Å²) in [4.78, 5) is 15.1. The molecule has 1 atom stereocenters. The monoisotopic (exact) mass is 408 g/mol. The van der Waals surface area contributed by atoms with Crippen LogP contribution in [-0.2, 0) is 7.05 Å². The van der Waals surface area contributed by atoms with Crippen molar-refractivity contribution in [3.63, 3.8) is 0 Å². The standard InChI is InChI=1S/C24H29FN4O/c1-5-29(15(2)3)24(30)21-12-18(25)6-7-19(21)20-10-17(16-8-9-26-13-16)11-23-22(20)14-27-28(23)4/h6-7,10-12,14-16,26H,5,8-9,13H2,1-4H3/t16-/m1/s1. The molecule has 1 aliphatic heterocycles. The summed E-state index contributed by atoms with van der Waals surface area (Å²) >= 11 is 0. The van der Waals surface area contributed by atoms with Gasteiger partial charge in [-0.25, -0.2) is 4.39 Å². The van der Waals surface area contributed by atoms with E-state index in [2.05, 4.69) is 22.5 Å². The van der Waals surface area contributed by atoms with Crippen molar-refractivity contribution < 1.29 is 9.18 Å². The third-order valence-electron chi connectivity index (χ3n) is 6.15. The lowest BCUT2D eigenvalue weighted by Gasteiger charge is -2.26. The Morgan fingerprint density at radius 1 is 1.30 bits per heavy atom. The maximum Gasteiger partial charge on any atom is 0.254 e. The van der Waals surface area contributed by atoms with Crippen LogP contribution >= 0.6 is 0 Å². The Kier molecular flexibility index (Phi) is 5.60. The maximum atomic E-state index is 14.2. The van der Waals surface area contributed by atoms with E-state index in [1.165, 1.54) is 17.7 Å². The summed E-state index contributed by atoms with van der Waals surface area (Å²) in [6, 6.07) is 8.93. The van der Waals surface area contributed by atoms with Gasteiger partial charge in [0.1, 0.15) is 5.82 Å². The number of benzene rings is 2. The van der Waals surface area contributed by atoms with E-state index in [9.17, 15) is 9.18 Å². The molecule has 5 nitrogen and oxygen atoms in total. The molecule has 0 spiro atoms. The number of carbonyl (C=O) groups excluding carboxylic acids is 1. The minimum atomic E-state index is -0.402. The van der Waals surface area contributed by atoms with Crippen molar-refractivity contribution in [2.24, 2.45) is 7.05 Å². The summed E-state index contributed by atoms with van der Waals surface area (Å²) in [6.07, 6.45) is 2.91. The molecule has 1 amide bonds. The van der Waals surface area contributed by atoms with Crippen molar-refractivity contribution in [1.29, 1.82) is 0 Å². The second-order valence-electron chi connectivity index (χ2n) is 8.33. The topological polar surface area (TPSA) is 50.2 Å². The Labute approximate surface area is 176 Å². The largest absolute Gasteiger partial charge is 0.336 e. The molecule has 3 aromatic rings. The average molecular weight is 409 g/mol. The van der Waals surface area contributed by atoms with Crippen LogP contribution in [-0.4, -0.2) is 46.3 Å². The summed E-state index contributed by atoms with van der Waals surface area (Å²) in [5, 5.41) is 8.85. The van der Waals surface area contributed by atoms with E-state index in [0.29, 0.717) is 18.0 Å². The van der Waals surface area contributed by atoms with Crippen molar-refractivity contribution in [1.82, 2.24) is 20.0 Å². The minimum Gasteiger partial charge on any atom is -0.336 e. The van der Waals surface area contributed by atoms with E-state index in [-0.39, 0.29) is 11.9 Å². The molecular formula is C24H29FN4O. The second-order valence-corrected chi connectivity index (χ2v) is 8.33. The first-order chi connectivity index (χ1) is 14.4. The summed E-state index contributed by atoms with van der Waals surface area (Å²) in [6.45, 7) is 8.42. The number of rotatable bonds is 5. The fourth-order valence-electron chi connectivity index (χ4n) is 4.49. The number of carbonyl (C=O) groups is 1. The molecular weight excluding hydrogens is 379 g/mol. The van der Waals surface area contributed by atoms with Gasteiger partial charge in [-0.3, -0.25) is 9.48 Å². The maximum absolute atomic E-state index is 14.2. The molecule has 158 valence electrons. The molecule has 1 aliphatic rings. The first-order valence-electron chi connectivity index (χ1n) is 10.7. The number of nitrogens with one attached hydrogen (secondary N) is 1. The predicted octanol–water partition coefficient (Wildman–Crippen LogP) is 4.33. The summed E-state index contributed by atoms with van der Waals surface area (Å²) < 4.78 is 16.1. The molecule has 1 fully saturated rings. The summed E-state index contributed by atoms with van der Waals surface area (Å²) in [7, 11) is 1.93. The number of halogens is 1. The first kappa shape index (κ1) is 20.5. The molecule has 0 bridgehead atoms. The SMILES string of the molecule is CCN(C(=O)c1cc(F)ccc1-c1cc([C@@H]2CCNC2)cc2c1cnn2C)C(C)C.